The molecule has 3 atom stereocenters. The third-order valence-electron chi connectivity index (χ3n) is 3.85. The Morgan fingerprint density at radius 2 is 2.44 bits per heavy atom. The summed E-state index contributed by atoms with van der Waals surface area (Å²) in [4.78, 5) is 4.17. The molecule has 88 valence electrons. The van der Waals surface area contributed by atoms with Crippen LogP contribution in [-0.4, -0.2) is 4.98 Å². The summed E-state index contributed by atoms with van der Waals surface area (Å²) < 4.78 is 0. The Hall–Kier alpha value is -0.930. The third kappa shape index (κ3) is 2.42. The maximum absolute atomic E-state index is 5.69. The molecule has 0 aromatic carbocycles. The van der Waals surface area contributed by atoms with Crippen LogP contribution in [0.4, 0.5) is 0 Å². The summed E-state index contributed by atoms with van der Waals surface area (Å²) in [6.07, 6.45) is 8.94. The van der Waals surface area contributed by atoms with E-state index in [-0.39, 0.29) is 6.04 Å². The number of nitrogens with zero attached hydrogens (tertiary/aromatic N) is 1. The molecule has 0 bridgehead atoms. The molecule has 2 rings (SSSR count). The molecule has 3 unspecified atom stereocenters. The van der Waals surface area contributed by atoms with Crippen molar-refractivity contribution in [3.05, 3.63) is 30.1 Å². The zero-order chi connectivity index (χ0) is 11.4. The number of nitrogens with one attached hydrogen (secondary N) is 1. The first-order valence-corrected chi connectivity index (χ1v) is 6.21. The predicted molar refractivity (Wildman–Crippen MR) is 65.4 cm³/mol. The Labute approximate surface area is 97.4 Å². The maximum Gasteiger partial charge on any atom is 0.0503 e. The fourth-order valence-corrected chi connectivity index (χ4v) is 2.85. The van der Waals surface area contributed by atoms with Gasteiger partial charge in [0, 0.05) is 12.4 Å². The normalized spacial score (nSPS) is 26.9. The van der Waals surface area contributed by atoms with Gasteiger partial charge in [-0.25, -0.2) is 0 Å². The summed E-state index contributed by atoms with van der Waals surface area (Å²) in [7, 11) is 0. The standard InChI is InChI=1S/C13H21N3/c1-2-10-5-6-11(8-10)13(16-14)12-4-3-7-15-9-12/h3-4,7,9-11,13,16H,2,5-6,8,14H2,1H3. The Balaban J connectivity index is 2.06. The van der Waals surface area contributed by atoms with Crippen LogP contribution < -0.4 is 11.3 Å². The highest BCUT2D eigenvalue weighted by molar-refractivity contribution is 5.15. The minimum atomic E-state index is 0.269. The number of pyridine rings is 1. The molecule has 1 aromatic rings. The van der Waals surface area contributed by atoms with Crippen molar-refractivity contribution in [1.29, 1.82) is 0 Å². The summed E-state index contributed by atoms with van der Waals surface area (Å²) in [6.45, 7) is 2.28. The minimum absolute atomic E-state index is 0.269. The van der Waals surface area contributed by atoms with Crippen molar-refractivity contribution < 1.29 is 0 Å². The van der Waals surface area contributed by atoms with E-state index in [2.05, 4.69) is 23.4 Å². The summed E-state index contributed by atoms with van der Waals surface area (Å²) in [5.74, 6) is 7.25. The SMILES string of the molecule is CCC1CCC(C(NN)c2cccnc2)C1. The molecule has 1 aliphatic carbocycles. The molecule has 3 N–H and O–H groups in total. The van der Waals surface area contributed by atoms with E-state index in [1.807, 2.05) is 12.3 Å². The average Bonchev–Trinajstić information content (AvgIpc) is 2.80. The van der Waals surface area contributed by atoms with Gasteiger partial charge in [-0.1, -0.05) is 25.8 Å². The van der Waals surface area contributed by atoms with Crippen molar-refractivity contribution >= 4 is 0 Å². The van der Waals surface area contributed by atoms with E-state index in [9.17, 15) is 0 Å². The first kappa shape index (κ1) is 11.6. The van der Waals surface area contributed by atoms with Crippen LogP contribution in [0.2, 0.25) is 0 Å². The van der Waals surface area contributed by atoms with E-state index in [0.717, 1.165) is 5.92 Å². The maximum atomic E-state index is 5.69. The van der Waals surface area contributed by atoms with E-state index in [4.69, 9.17) is 5.84 Å². The number of aromatic nitrogens is 1. The molecule has 16 heavy (non-hydrogen) atoms. The van der Waals surface area contributed by atoms with Crippen LogP contribution in [0.3, 0.4) is 0 Å². The van der Waals surface area contributed by atoms with Crippen molar-refractivity contribution in [3.63, 3.8) is 0 Å². The van der Waals surface area contributed by atoms with Crippen molar-refractivity contribution in [2.24, 2.45) is 17.7 Å². The Morgan fingerprint density at radius 1 is 1.56 bits per heavy atom. The second-order valence-electron chi connectivity index (χ2n) is 4.78. The highest BCUT2D eigenvalue weighted by Gasteiger charge is 2.30. The highest BCUT2D eigenvalue weighted by Crippen LogP contribution is 2.39. The lowest BCUT2D eigenvalue weighted by atomic mass is 9.92. The monoisotopic (exact) mass is 219 g/mol. The second-order valence-corrected chi connectivity index (χ2v) is 4.78. The van der Waals surface area contributed by atoms with E-state index < -0.39 is 0 Å². The molecule has 1 saturated carbocycles. The number of hydrazine groups is 1. The van der Waals surface area contributed by atoms with E-state index >= 15 is 0 Å². The second kappa shape index (κ2) is 5.41. The van der Waals surface area contributed by atoms with Crippen LogP contribution in [0.1, 0.15) is 44.2 Å². The molecule has 0 aliphatic heterocycles. The van der Waals surface area contributed by atoms with Crippen molar-refractivity contribution in [1.82, 2.24) is 10.4 Å². The van der Waals surface area contributed by atoms with Gasteiger partial charge < -0.3 is 0 Å². The molecule has 0 amide bonds. The Bertz CT molecular complexity index is 312. The summed E-state index contributed by atoms with van der Waals surface area (Å²) >= 11 is 0. The fraction of sp³-hybridized carbons (Fsp3) is 0.615. The van der Waals surface area contributed by atoms with Gasteiger partial charge in [0.2, 0.25) is 0 Å². The van der Waals surface area contributed by atoms with Gasteiger partial charge in [-0.05, 0) is 36.3 Å². The van der Waals surface area contributed by atoms with Gasteiger partial charge in [0.1, 0.15) is 0 Å². The molecular weight excluding hydrogens is 198 g/mol. The molecule has 1 fully saturated rings. The third-order valence-corrected chi connectivity index (χ3v) is 3.85. The molecule has 1 heterocycles. The highest BCUT2D eigenvalue weighted by atomic mass is 15.2. The van der Waals surface area contributed by atoms with Crippen LogP contribution >= 0.6 is 0 Å². The molecule has 3 heteroatoms. The van der Waals surface area contributed by atoms with Crippen LogP contribution in [0.15, 0.2) is 24.5 Å². The first-order valence-electron chi connectivity index (χ1n) is 6.21. The number of hydrogen-bond acceptors (Lipinski definition) is 3. The lowest BCUT2D eigenvalue weighted by Crippen LogP contribution is -2.32. The fourth-order valence-electron chi connectivity index (χ4n) is 2.85. The molecule has 0 saturated heterocycles. The van der Waals surface area contributed by atoms with Gasteiger partial charge in [-0.3, -0.25) is 16.3 Å². The molecule has 1 aliphatic rings. The molecule has 1 aromatic heterocycles. The zero-order valence-electron chi connectivity index (χ0n) is 9.89. The molecule has 0 spiro atoms. The van der Waals surface area contributed by atoms with Gasteiger partial charge in [0.05, 0.1) is 6.04 Å². The van der Waals surface area contributed by atoms with Gasteiger partial charge in [0.25, 0.3) is 0 Å². The van der Waals surface area contributed by atoms with Gasteiger partial charge in [-0.2, -0.15) is 0 Å². The van der Waals surface area contributed by atoms with Crippen LogP contribution in [0.25, 0.3) is 0 Å². The number of rotatable bonds is 4. The Kier molecular flexibility index (Phi) is 3.91. The largest absolute Gasteiger partial charge is 0.271 e. The molecule has 3 nitrogen and oxygen atoms in total. The first-order chi connectivity index (χ1) is 7.85. The van der Waals surface area contributed by atoms with Crippen LogP contribution in [0.5, 0.6) is 0 Å². The van der Waals surface area contributed by atoms with E-state index in [0.29, 0.717) is 5.92 Å². The average molecular weight is 219 g/mol. The summed E-state index contributed by atoms with van der Waals surface area (Å²) in [5, 5.41) is 0. The van der Waals surface area contributed by atoms with Crippen LogP contribution in [-0.2, 0) is 0 Å². The minimum Gasteiger partial charge on any atom is -0.271 e. The Morgan fingerprint density at radius 3 is 3.00 bits per heavy atom. The molecule has 0 radical (unpaired) electrons. The van der Waals surface area contributed by atoms with E-state index in [1.165, 1.54) is 31.2 Å². The van der Waals surface area contributed by atoms with Crippen molar-refractivity contribution in [2.75, 3.05) is 0 Å². The molecular formula is C13H21N3. The summed E-state index contributed by atoms with van der Waals surface area (Å²) in [6, 6.07) is 4.35. The quantitative estimate of drug-likeness (QED) is 0.604. The van der Waals surface area contributed by atoms with Crippen molar-refractivity contribution in [3.8, 4) is 0 Å². The number of nitrogens with two attached hydrogens (primary N) is 1. The van der Waals surface area contributed by atoms with Gasteiger partial charge in [-0.15, -0.1) is 0 Å². The van der Waals surface area contributed by atoms with Crippen molar-refractivity contribution in [2.45, 2.75) is 38.6 Å². The van der Waals surface area contributed by atoms with Crippen LogP contribution in [0, 0.1) is 11.8 Å². The number of hydrogen-bond donors (Lipinski definition) is 2. The van der Waals surface area contributed by atoms with E-state index in [1.54, 1.807) is 6.20 Å². The predicted octanol–water partition coefficient (Wildman–Crippen LogP) is 2.41. The lowest BCUT2D eigenvalue weighted by molar-refractivity contribution is 0.357. The smallest absolute Gasteiger partial charge is 0.0503 e. The topological polar surface area (TPSA) is 50.9 Å². The van der Waals surface area contributed by atoms with Gasteiger partial charge >= 0.3 is 0 Å². The summed E-state index contributed by atoms with van der Waals surface area (Å²) in [5.41, 5.74) is 4.18. The van der Waals surface area contributed by atoms with Gasteiger partial charge in [0.15, 0.2) is 0 Å². The lowest BCUT2D eigenvalue weighted by Gasteiger charge is -2.23. The zero-order valence-corrected chi connectivity index (χ0v) is 9.89.